The van der Waals surface area contributed by atoms with Gasteiger partial charge in [-0.3, -0.25) is 14.5 Å². The molecular weight excluding hydrogens is 379 g/mol. The lowest BCUT2D eigenvalue weighted by Crippen LogP contribution is -2.29. The third-order valence-corrected chi connectivity index (χ3v) is 5.35. The topological polar surface area (TPSA) is 70.5 Å². The molecule has 0 bridgehead atoms. The Morgan fingerprint density at radius 1 is 1.11 bits per heavy atom. The number of carbonyl (C=O) groups excluding carboxylic acids is 2. The molecule has 1 atom stereocenters. The van der Waals surface area contributed by atoms with Gasteiger partial charge in [0.25, 0.3) is 5.78 Å². The molecule has 2 aromatic carbocycles. The molecule has 3 aromatic rings. The minimum atomic E-state index is -0.895. The number of aliphatic hydroxyl groups excluding tert-OH is 1. The Balaban J connectivity index is 1.93. The van der Waals surface area contributed by atoms with Crippen LogP contribution in [0.2, 0.25) is 0 Å². The minimum absolute atomic E-state index is 0.0457. The molecule has 0 radical (unpaired) electrons. The van der Waals surface area contributed by atoms with Crippen molar-refractivity contribution in [3.8, 4) is 0 Å². The third-order valence-electron chi connectivity index (χ3n) is 4.58. The largest absolute Gasteiger partial charge is 0.507 e. The van der Waals surface area contributed by atoms with Gasteiger partial charge in [-0.15, -0.1) is 11.3 Å². The Labute approximate surface area is 164 Å². The number of hydrogen-bond acceptors (Lipinski definition) is 5. The van der Waals surface area contributed by atoms with E-state index in [1.807, 2.05) is 6.92 Å². The number of Topliss-reactive ketones (excluding diaryl/α,β-unsaturated/α-hetero) is 1. The van der Waals surface area contributed by atoms with E-state index in [0.717, 1.165) is 5.56 Å². The van der Waals surface area contributed by atoms with E-state index in [2.05, 4.69) is 4.98 Å². The number of halogens is 1. The fraction of sp³-hybridized carbons (Fsp3) is 0.0952. The van der Waals surface area contributed by atoms with Crippen molar-refractivity contribution >= 4 is 33.9 Å². The van der Waals surface area contributed by atoms with Gasteiger partial charge in [-0.1, -0.05) is 42.0 Å². The van der Waals surface area contributed by atoms with E-state index >= 15 is 0 Å². The fourth-order valence-corrected chi connectivity index (χ4v) is 3.86. The number of nitrogens with zero attached hydrogens (tertiary/aromatic N) is 2. The second kappa shape index (κ2) is 7.01. The lowest BCUT2D eigenvalue weighted by atomic mass is 9.95. The highest BCUT2D eigenvalue weighted by molar-refractivity contribution is 7.14. The fourth-order valence-electron chi connectivity index (χ4n) is 3.19. The highest BCUT2D eigenvalue weighted by Crippen LogP contribution is 2.42. The lowest BCUT2D eigenvalue weighted by molar-refractivity contribution is -0.132. The zero-order valence-electron chi connectivity index (χ0n) is 14.8. The van der Waals surface area contributed by atoms with Crippen LogP contribution in [0.25, 0.3) is 5.76 Å². The summed E-state index contributed by atoms with van der Waals surface area (Å²) in [6, 6.07) is 11.6. The van der Waals surface area contributed by atoms with Crippen LogP contribution in [0, 0.1) is 12.7 Å². The first kappa shape index (κ1) is 18.1. The van der Waals surface area contributed by atoms with Crippen molar-refractivity contribution in [1.29, 1.82) is 0 Å². The molecule has 1 fully saturated rings. The predicted molar refractivity (Wildman–Crippen MR) is 104 cm³/mol. The molecule has 2 heterocycles. The predicted octanol–water partition coefficient (Wildman–Crippen LogP) is 4.22. The molecule has 4 rings (SSSR count). The maximum absolute atomic E-state index is 13.4. The van der Waals surface area contributed by atoms with E-state index in [4.69, 9.17) is 0 Å². The van der Waals surface area contributed by atoms with Gasteiger partial charge in [0.05, 0.1) is 11.6 Å². The molecule has 28 heavy (non-hydrogen) atoms. The Morgan fingerprint density at radius 3 is 2.39 bits per heavy atom. The summed E-state index contributed by atoms with van der Waals surface area (Å²) in [5.41, 5.74) is 1.88. The third kappa shape index (κ3) is 2.99. The normalized spacial score (nSPS) is 18.6. The summed E-state index contributed by atoms with van der Waals surface area (Å²) in [7, 11) is 0. The zero-order chi connectivity index (χ0) is 19.8. The summed E-state index contributed by atoms with van der Waals surface area (Å²) in [6.45, 7) is 1.91. The first-order chi connectivity index (χ1) is 13.5. The number of amides is 1. The smallest absolute Gasteiger partial charge is 0.301 e. The standard InChI is InChI=1S/C21H15FN2O3S/c1-12-2-4-14(5-3-12)18(25)16-17(13-6-8-15(22)9-7-13)24(20(27)19(16)26)21-23-10-11-28-21/h2-11,17,25H,1H3/b18-16+. The van der Waals surface area contributed by atoms with E-state index in [0.29, 0.717) is 16.3 Å². The van der Waals surface area contributed by atoms with Crippen molar-refractivity contribution in [2.75, 3.05) is 4.90 Å². The highest BCUT2D eigenvalue weighted by atomic mass is 32.1. The second-order valence-corrected chi connectivity index (χ2v) is 7.27. The van der Waals surface area contributed by atoms with Crippen LogP contribution in [0.3, 0.4) is 0 Å². The van der Waals surface area contributed by atoms with E-state index in [1.54, 1.807) is 29.6 Å². The molecule has 140 valence electrons. The van der Waals surface area contributed by atoms with Gasteiger partial charge in [-0.25, -0.2) is 9.37 Å². The van der Waals surface area contributed by atoms with Crippen LogP contribution in [-0.4, -0.2) is 21.8 Å². The van der Waals surface area contributed by atoms with E-state index in [1.165, 1.54) is 46.7 Å². The van der Waals surface area contributed by atoms with Gasteiger partial charge in [0.1, 0.15) is 11.6 Å². The molecule has 0 aliphatic carbocycles. The molecule has 1 amide bonds. The Kier molecular flexibility index (Phi) is 4.52. The number of anilines is 1. The number of ketones is 1. The molecule has 1 aromatic heterocycles. The minimum Gasteiger partial charge on any atom is -0.507 e. The maximum Gasteiger partial charge on any atom is 0.301 e. The number of aryl methyl sites for hydroxylation is 1. The van der Waals surface area contributed by atoms with Gasteiger partial charge in [-0.2, -0.15) is 0 Å². The number of aliphatic hydroxyl groups is 1. The molecule has 1 unspecified atom stereocenters. The Hall–Kier alpha value is -3.32. The quantitative estimate of drug-likeness (QED) is 0.410. The molecule has 1 saturated heterocycles. The average molecular weight is 394 g/mol. The molecule has 7 heteroatoms. The molecule has 5 nitrogen and oxygen atoms in total. The van der Waals surface area contributed by atoms with Gasteiger partial charge < -0.3 is 5.11 Å². The number of thiazole rings is 1. The monoisotopic (exact) mass is 394 g/mol. The maximum atomic E-state index is 13.4. The lowest BCUT2D eigenvalue weighted by Gasteiger charge is -2.22. The van der Waals surface area contributed by atoms with Crippen LogP contribution in [0.1, 0.15) is 22.7 Å². The summed E-state index contributed by atoms with van der Waals surface area (Å²) in [5.74, 6) is -2.29. The Bertz CT molecular complexity index is 1070. The number of rotatable bonds is 3. The van der Waals surface area contributed by atoms with Crippen molar-refractivity contribution in [2.45, 2.75) is 13.0 Å². The van der Waals surface area contributed by atoms with E-state index in [-0.39, 0.29) is 11.3 Å². The number of benzene rings is 2. The van der Waals surface area contributed by atoms with Crippen LogP contribution in [0.5, 0.6) is 0 Å². The molecule has 1 aliphatic rings. The summed E-state index contributed by atoms with van der Waals surface area (Å²) < 4.78 is 13.4. The first-order valence-electron chi connectivity index (χ1n) is 8.50. The summed E-state index contributed by atoms with van der Waals surface area (Å²) in [6.07, 6.45) is 1.53. The number of carbonyl (C=O) groups is 2. The van der Waals surface area contributed by atoms with E-state index < -0.39 is 23.5 Å². The SMILES string of the molecule is Cc1ccc(/C(O)=C2\C(=O)C(=O)N(c3nccs3)C2c2ccc(F)cc2)cc1. The first-order valence-corrected chi connectivity index (χ1v) is 9.38. The van der Waals surface area contributed by atoms with Crippen molar-refractivity contribution in [3.63, 3.8) is 0 Å². The zero-order valence-corrected chi connectivity index (χ0v) is 15.6. The van der Waals surface area contributed by atoms with Crippen LogP contribution in [0.15, 0.2) is 65.7 Å². The average Bonchev–Trinajstić information content (AvgIpc) is 3.30. The molecule has 0 spiro atoms. The van der Waals surface area contributed by atoms with E-state index in [9.17, 15) is 19.1 Å². The van der Waals surface area contributed by atoms with Gasteiger partial charge >= 0.3 is 5.91 Å². The second-order valence-electron chi connectivity index (χ2n) is 6.40. The van der Waals surface area contributed by atoms with Crippen LogP contribution < -0.4 is 4.90 Å². The molecule has 1 N–H and O–H groups in total. The molecular formula is C21H15FN2O3S. The van der Waals surface area contributed by atoms with Crippen LogP contribution >= 0.6 is 11.3 Å². The van der Waals surface area contributed by atoms with Crippen LogP contribution in [-0.2, 0) is 9.59 Å². The van der Waals surface area contributed by atoms with Gasteiger partial charge in [0.2, 0.25) is 0 Å². The molecule has 0 saturated carbocycles. The number of hydrogen-bond donors (Lipinski definition) is 1. The van der Waals surface area contributed by atoms with Crippen LogP contribution in [0.4, 0.5) is 9.52 Å². The molecule has 1 aliphatic heterocycles. The van der Waals surface area contributed by atoms with Gasteiger partial charge in [-0.05, 0) is 24.6 Å². The van der Waals surface area contributed by atoms with Gasteiger partial charge in [0.15, 0.2) is 5.13 Å². The summed E-state index contributed by atoms with van der Waals surface area (Å²) in [4.78, 5) is 31.0. The number of aromatic nitrogens is 1. The van der Waals surface area contributed by atoms with Gasteiger partial charge in [0, 0.05) is 17.1 Å². The van der Waals surface area contributed by atoms with Crippen molar-refractivity contribution in [3.05, 3.63) is 88.2 Å². The Morgan fingerprint density at radius 2 is 1.79 bits per heavy atom. The summed E-state index contributed by atoms with van der Waals surface area (Å²) in [5, 5.41) is 12.9. The van der Waals surface area contributed by atoms with Crippen molar-refractivity contribution < 1.29 is 19.1 Å². The van der Waals surface area contributed by atoms with Crippen molar-refractivity contribution in [2.24, 2.45) is 0 Å². The summed E-state index contributed by atoms with van der Waals surface area (Å²) >= 11 is 1.20. The highest BCUT2D eigenvalue weighted by Gasteiger charge is 2.47. The van der Waals surface area contributed by atoms with Crippen molar-refractivity contribution in [1.82, 2.24) is 4.98 Å².